The zero-order valence-corrected chi connectivity index (χ0v) is 10.1. The number of nitrogens with two attached hydrogens (primary N) is 1. The Morgan fingerprint density at radius 1 is 1.59 bits per heavy atom. The Bertz CT molecular complexity index is 432. The Morgan fingerprint density at radius 3 is 3.00 bits per heavy atom. The highest BCUT2D eigenvalue weighted by Crippen LogP contribution is 2.19. The number of nitrogen functional groups attached to an aromatic ring is 1. The Labute approximate surface area is 101 Å². The first kappa shape index (κ1) is 11.9. The normalized spacial score (nSPS) is 19.1. The van der Waals surface area contributed by atoms with Crippen LogP contribution in [0, 0.1) is 0 Å². The van der Waals surface area contributed by atoms with Crippen molar-refractivity contribution in [3.63, 3.8) is 0 Å². The predicted octanol–water partition coefficient (Wildman–Crippen LogP) is 0.915. The molecule has 0 aromatic carbocycles. The van der Waals surface area contributed by atoms with Crippen LogP contribution in [0.2, 0.25) is 0 Å². The number of hydrogen-bond acceptors (Lipinski definition) is 4. The first-order chi connectivity index (χ1) is 7.99. The number of morpholine rings is 1. The number of pyridine rings is 1. The minimum Gasteiger partial charge on any atom is -0.397 e. The van der Waals surface area contributed by atoms with Gasteiger partial charge >= 0.3 is 0 Å². The lowest BCUT2D eigenvalue weighted by Gasteiger charge is -2.38. The zero-order valence-electron chi connectivity index (χ0n) is 10.1. The molecule has 1 amide bonds. The van der Waals surface area contributed by atoms with Crippen LogP contribution in [-0.2, 0) is 4.74 Å². The van der Waals surface area contributed by atoms with E-state index in [1.54, 1.807) is 23.2 Å². The van der Waals surface area contributed by atoms with E-state index in [1.165, 1.54) is 0 Å². The molecule has 0 spiro atoms. The molecule has 17 heavy (non-hydrogen) atoms. The van der Waals surface area contributed by atoms with Crippen molar-refractivity contribution in [1.29, 1.82) is 0 Å². The molecule has 2 N–H and O–H groups in total. The lowest BCUT2D eigenvalue weighted by Crippen LogP contribution is -2.50. The number of aromatic nitrogens is 1. The number of hydrogen-bond donors (Lipinski definition) is 1. The lowest BCUT2D eigenvalue weighted by molar-refractivity contribution is -0.0764. The van der Waals surface area contributed by atoms with Gasteiger partial charge in [0.2, 0.25) is 0 Å². The molecule has 0 saturated carbocycles. The van der Waals surface area contributed by atoms with Crippen LogP contribution in [0.3, 0.4) is 0 Å². The van der Waals surface area contributed by atoms with Gasteiger partial charge in [0.05, 0.1) is 17.9 Å². The number of ether oxygens (including phenoxy) is 1. The SMILES string of the molecule is CC1(C)CN(C(=O)c2ncccc2N)CCO1. The van der Waals surface area contributed by atoms with Crippen molar-refractivity contribution in [3.8, 4) is 0 Å². The molecule has 0 radical (unpaired) electrons. The monoisotopic (exact) mass is 235 g/mol. The number of rotatable bonds is 1. The second-order valence-electron chi connectivity index (χ2n) is 4.78. The van der Waals surface area contributed by atoms with Crippen LogP contribution >= 0.6 is 0 Å². The Balaban J connectivity index is 2.18. The summed E-state index contributed by atoms with van der Waals surface area (Å²) in [6.07, 6.45) is 1.58. The molecular weight excluding hydrogens is 218 g/mol. The van der Waals surface area contributed by atoms with E-state index in [-0.39, 0.29) is 11.5 Å². The van der Waals surface area contributed by atoms with Gasteiger partial charge in [0, 0.05) is 19.3 Å². The molecule has 1 saturated heterocycles. The smallest absolute Gasteiger partial charge is 0.274 e. The summed E-state index contributed by atoms with van der Waals surface area (Å²) in [5.41, 5.74) is 6.19. The molecule has 1 aromatic rings. The summed E-state index contributed by atoms with van der Waals surface area (Å²) >= 11 is 0. The Hall–Kier alpha value is -1.62. The summed E-state index contributed by atoms with van der Waals surface area (Å²) in [6, 6.07) is 3.40. The largest absolute Gasteiger partial charge is 0.397 e. The first-order valence-electron chi connectivity index (χ1n) is 5.63. The van der Waals surface area contributed by atoms with Crippen molar-refractivity contribution in [2.45, 2.75) is 19.4 Å². The fraction of sp³-hybridized carbons (Fsp3) is 0.500. The molecule has 1 aliphatic rings. The Kier molecular flexibility index (Phi) is 3.02. The van der Waals surface area contributed by atoms with Crippen LogP contribution in [0.15, 0.2) is 18.3 Å². The van der Waals surface area contributed by atoms with Crippen molar-refractivity contribution in [1.82, 2.24) is 9.88 Å². The van der Waals surface area contributed by atoms with Crippen molar-refractivity contribution in [2.75, 3.05) is 25.4 Å². The number of amides is 1. The fourth-order valence-electron chi connectivity index (χ4n) is 1.94. The molecule has 0 atom stereocenters. The topological polar surface area (TPSA) is 68.5 Å². The quantitative estimate of drug-likeness (QED) is 0.785. The summed E-state index contributed by atoms with van der Waals surface area (Å²) in [4.78, 5) is 18.0. The summed E-state index contributed by atoms with van der Waals surface area (Å²) in [5, 5.41) is 0. The standard InChI is InChI=1S/C12H17N3O2/c1-12(2)8-15(6-7-17-12)11(16)10-9(13)4-3-5-14-10/h3-5H,6-8,13H2,1-2H3. The third-order valence-electron chi connectivity index (χ3n) is 2.75. The zero-order chi connectivity index (χ0) is 12.5. The summed E-state index contributed by atoms with van der Waals surface area (Å²) in [7, 11) is 0. The Morgan fingerprint density at radius 2 is 2.35 bits per heavy atom. The minimum absolute atomic E-state index is 0.125. The maximum atomic E-state index is 12.2. The van der Waals surface area contributed by atoms with Crippen LogP contribution in [0.1, 0.15) is 24.3 Å². The number of carbonyl (C=O) groups excluding carboxylic acids is 1. The maximum Gasteiger partial charge on any atom is 0.274 e. The molecule has 92 valence electrons. The van der Waals surface area contributed by atoms with Gasteiger partial charge in [-0.15, -0.1) is 0 Å². The van der Waals surface area contributed by atoms with E-state index in [2.05, 4.69) is 4.98 Å². The third-order valence-corrected chi connectivity index (χ3v) is 2.75. The van der Waals surface area contributed by atoms with Gasteiger partial charge in [0.25, 0.3) is 5.91 Å². The second-order valence-corrected chi connectivity index (χ2v) is 4.78. The maximum absolute atomic E-state index is 12.2. The van der Waals surface area contributed by atoms with Gasteiger partial charge in [-0.05, 0) is 26.0 Å². The highest BCUT2D eigenvalue weighted by molar-refractivity contribution is 5.97. The third kappa shape index (κ3) is 2.55. The van der Waals surface area contributed by atoms with Crippen LogP contribution in [0.25, 0.3) is 0 Å². The van der Waals surface area contributed by atoms with Crippen molar-refractivity contribution in [2.24, 2.45) is 0 Å². The van der Waals surface area contributed by atoms with E-state index in [1.807, 2.05) is 13.8 Å². The van der Waals surface area contributed by atoms with E-state index in [0.29, 0.717) is 31.1 Å². The van der Waals surface area contributed by atoms with Crippen LogP contribution in [-0.4, -0.2) is 41.1 Å². The molecular formula is C12H17N3O2. The van der Waals surface area contributed by atoms with E-state index in [0.717, 1.165) is 0 Å². The number of anilines is 1. The van der Waals surface area contributed by atoms with Gasteiger partial charge in [-0.2, -0.15) is 0 Å². The lowest BCUT2D eigenvalue weighted by atomic mass is 10.1. The van der Waals surface area contributed by atoms with Gasteiger partial charge in [-0.1, -0.05) is 0 Å². The van der Waals surface area contributed by atoms with Gasteiger partial charge in [-0.25, -0.2) is 4.98 Å². The fourth-order valence-corrected chi connectivity index (χ4v) is 1.94. The highest BCUT2D eigenvalue weighted by Gasteiger charge is 2.31. The van der Waals surface area contributed by atoms with Gasteiger partial charge < -0.3 is 15.4 Å². The van der Waals surface area contributed by atoms with Gasteiger partial charge in [0.1, 0.15) is 0 Å². The average Bonchev–Trinajstić information content (AvgIpc) is 2.27. The number of nitrogens with zero attached hydrogens (tertiary/aromatic N) is 2. The molecule has 0 unspecified atom stereocenters. The summed E-state index contributed by atoms with van der Waals surface area (Å²) < 4.78 is 5.57. The molecule has 5 heteroatoms. The number of carbonyl (C=O) groups is 1. The van der Waals surface area contributed by atoms with Crippen LogP contribution in [0.4, 0.5) is 5.69 Å². The predicted molar refractivity (Wildman–Crippen MR) is 64.6 cm³/mol. The molecule has 2 heterocycles. The average molecular weight is 235 g/mol. The first-order valence-corrected chi connectivity index (χ1v) is 5.63. The molecule has 5 nitrogen and oxygen atoms in total. The van der Waals surface area contributed by atoms with Gasteiger partial charge in [0.15, 0.2) is 5.69 Å². The molecule has 1 fully saturated rings. The van der Waals surface area contributed by atoms with Crippen LogP contribution < -0.4 is 5.73 Å². The van der Waals surface area contributed by atoms with E-state index in [9.17, 15) is 4.79 Å². The minimum atomic E-state index is -0.308. The van der Waals surface area contributed by atoms with Crippen molar-refractivity contribution < 1.29 is 9.53 Å². The molecule has 1 aromatic heterocycles. The van der Waals surface area contributed by atoms with E-state index in [4.69, 9.17) is 10.5 Å². The van der Waals surface area contributed by atoms with Gasteiger partial charge in [-0.3, -0.25) is 4.79 Å². The summed E-state index contributed by atoms with van der Waals surface area (Å²) in [5.74, 6) is -0.125. The molecule has 0 bridgehead atoms. The summed E-state index contributed by atoms with van der Waals surface area (Å²) in [6.45, 7) is 5.62. The second kappa shape index (κ2) is 4.33. The van der Waals surface area contributed by atoms with E-state index >= 15 is 0 Å². The van der Waals surface area contributed by atoms with Crippen molar-refractivity contribution >= 4 is 11.6 Å². The highest BCUT2D eigenvalue weighted by atomic mass is 16.5. The van der Waals surface area contributed by atoms with E-state index < -0.39 is 0 Å². The van der Waals surface area contributed by atoms with Crippen molar-refractivity contribution in [3.05, 3.63) is 24.0 Å². The molecule has 2 rings (SSSR count). The molecule has 0 aliphatic carbocycles. The van der Waals surface area contributed by atoms with Crippen LogP contribution in [0.5, 0.6) is 0 Å². The molecule has 1 aliphatic heterocycles.